The van der Waals surface area contributed by atoms with Gasteiger partial charge in [-0.1, -0.05) is 0 Å². The molecule has 0 saturated carbocycles. The molecule has 7 nitrogen and oxygen atoms in total. The summed E-state index contributed by atoms with van der Waals surface area (Å²) in [6, 6.07) is 7.82. The highest BCUT2D eigenvalue weighted by molar-refractivity contribution is 7.11. The van der Waals surface area contributed by atoms with Gasteiger partial charge in [-0.05, 0) is 31.2 Å². The van der Waals surface area contributed by atoms with Crippen molar-refractivity contribution >= 4 is 23.2 Å². The molecule has 4 rings (SSSR count). The first kappa shape index (κ1) is 23.3. The maximum atomic E-state index is 12.2. The van der Waals surface area contributed by atoms with Gasteiger partial charge in [-0.3, -0.25) is 9.69 Å². The number of nitrogens with zero attached hydrogens (tertiary/aromatic N) is 1. The number of alkyl halides is 3. The van der Waals surface area contributed by atoms with Crippen LogP contribution in [0.4, 0.5) is 13.2 Å². The van der Waals surface area contributed by atoms with Gasteiger partial charge in [0, 0.05) is 47.3 Å². The molecule has 170 valence electrons. The number of furan rings is 1. The molecule has 2 N–H and O–H groups in total. The van der Waals surface area contributed by atoms with Crippen LogP contribution in [0.3, 0.4) is 0 Å². The molecule has 2 aliphatic heterocycles. The number of ether oxygens (including phenoxy) is 1. The van der Waals surface area contributed by atoms with E-state index in [0.717, 1.165) is 32.8 Å². The summed E-state index contributed by atoms with van der Waals surface area (Å²) in [7, 11) is 0. The van der Waals surface area contributed by atoms with E-state index in [2.05, 4.69) is 29.3 Å². The molecule has 0 unspecified atom stereocenters. The predicted octanol–water partition coefficient (Wildman–Crippen LogP) is 3.16. The largest absolute Gasteiger partial charge is 0.490 e. The molecule has 2 aromatic rings. The lowest BCUT2D eigenvalue weighted by molar-refractivity contribution is -0.192. The molecule has 0 bridgehead atoms. The first-order valence-electron chi connectivity index (χ1n) is 9.56. The lowest BCUT2D eigenvalue weighted by Gasteiger charge is -2.27. The zero-order valence-corrected chi connectivity index (χ0v) is 17.6. The van der Waals surface area contributed by atoms with Gasteiger partial charge in [0.15, 0.2) is 5.76 Å². The molecule has 0 spiro atoms. The number of fused-ring (bicyclic) bond motifs is 1. The van der Waals surface area contributed by atoms with Crippen molar-refractivity contribution in [3.8, 4) is 0 Å². The van der Waals surface area contributed by atoms with E-state index in [4.69, 9.17) is 19.1 Å². The second-order valence-electron chi connectivity index (χ2n) is 7.72. The number of nitrogens with one attached hydrogen (secondary N) is 1. The number of carbonyl (C=O) groups is 2. The number of carbonyl (C=O) groups excluding carboxylic acids is 1. The van der Waals surface area contributed by atoms with Gasteiger partial charge < -0.3 is 19.6 Å². The van der Waals surface area contributed by atoms with Gasteiger partial charge in [0.2, 0.25) is 0 Å². The Morgan fingerprint density at radius 2 is 2.10 bits per heavy atom. The van der Waals surface area contributed by atoms with Crippen LogP contribution in [0.2, 0.25) is 0 Å². The highest BCUT2D eigenvalue weighted by Gasteiger charge is 2.50. The molecule has 4 heterocycles. The fraction of sp³-hybridized carbons (Fsp3) is 0.500. The third-order valence-corrected chi connectivity index (χ3v) is 6.34. The van der Waals surface area contributed by atoms with Gasteiger partial charge >= 0.3 is 12.1 Å². The average molecular weight is 460 g/mol. The highest BCUT2D eigenvalue weighted by atomic mass is 32.1. The van der Waals surface area contributed by atoms with E-state index in [1.807, 2.05) is 11.3 Å². The Balaban J connectivity index is 0.000000339. The maximum absolute atomic E-state index is 12.2. The van der Waals surface area contributed by atoms with E-state index in [-0.39, 0.29) is 11.3 Å². The molecule has 11 heteroatoms. The summed E-state index contributed by atoms with van der Waals surface area (Å²) >= 11 is 1.86. The standard InChI is InChI=1S/C18H22N2O3S.C2HF3O2/c1-13-4-5-15(24-13)8-20-7-14-9-22-12-18(14,11-20)10-19-17(21)16-3-2-6-23-16;3-2(4,5)1(6)7/h2-6,14H,7-12H2,1H3,(H,19,21);(H,6,7)/t14-,18+;/m1./s1. The minimum absolute atomic E-state index is 0.0224. The topological polar surface area (TPSA) is 92.0 Å². The fourth-order valence-corrected chi connectivity index (χ4v) is 4.79. The summed E-state index contributed by atoms with van der Waals surface area (Å²) in [5.74, 6) is -2.05. The first-order chi connectivity index (χ1) is 14.6. The molecule has 31 heavy (non-hydrogen) atoms. The van der Waals surface area contributed by atoms with Crippen LogP contribution in [0.5, 0.6) is 0 Å². The summed E-state index contributed by atoms with van der Waals surface area (Å²) in [5, 5.41) is 10.2. The van der Waals surface area contributed by atoms with E-state index >= 15 is 0 Å². The number of hydrogen-bond acceptors (Lipinski definition) is 6. The molecule has 2 aliphatic rings. The van der Waals surface area contributed by atoms with Crippen LogP contribution in [0.15, 0.2) is 34.9 Å². The molecular formula is C20H23F3N2O5S. The summed E-state index contributed by atoms with van der Waals surface area (Å²) < 4.78 is 42.6. The first-order valence-corrected chi connectivity index (χ1v) is 10.4. The van der Waals surface area contributed by atoms with Crippen LogP contribution in [0.1, 0.15) is 20.3 Å². The molecule has 2 fully saturated rings. The predicted molar refractivity (Wildman–Crippen MR) is 106 cm³/mol. The molecule has 2 aromatic heterocycles. The third-order valence-electron chi connectivity index (χ3n) is 5.36. The van der Waals surface area contributed by atoms with Crippen molar-refractivity contribution in [2.24, 2.45) is 11.3 Å². The number of amides is 1. The Bertz CT molecular complexity index is 899. The number of carboxylic acid groups (broad SMARTS) is 1. The summed E-state index contributed by atoms with van der Waals surface area (Å²) in [5.41, 5.74) is 0.0224. The quantitative estimate of drug-likeness (QED) is 0.712. The smallest absolute Gasteiger partial charge is 0.475 e. The Hall–Kier alpha value is -2.37. The second kappa shape index (κ2) is 9.41. The van der Waals surface area contributed by atoms with Crippen molar-refractivity contribution in [1.82, 2.24) is 10.2 Å². The molecular weight excluding hydrogens is 437 g/mol. The Labute approximate surface area is 180 Å². The SMILES string of the molecule is Cc1ccc(CN2C[C@@H]3COC[C@]3(CNC(=O)c3ccco3)C2)s1.O=C(O)C(F)(F)F. The average Bonchev–Trinajstić information content (AvgIpc) is 3.44. The second-order valence-corrected chi connectivity index (χ2v) is 9.09. The number of carboxylic acids is 1. The van der Waals surface area contributed by atoms with Gasteiger partial charge in [0.05, 0.1) is 19.5 Å². The third kappa shape index (κ3) is 5.86. The summed E-state index contributed by atoms with van der Waals surface area (Å²) in [4.78, 5) is 26.3. The van der Waals surface area contributed by atoms with Crippen molar-refractivity contribution in [2.45, 2.75) is 19.6 Å². The molecule has 1 amide bonds. The molecule has 0 radical (unpaired) electrons. The number of thiophene rings is 1. The Morgan fingerprint density at radius 3 is 2.68 bits per heavy atom. The van der Waals surface area contributed by atoms with E-state index in [0.29, 0.717) is 18.2 Å². The van der Waals surface area contributed by atoms with E-state index in [9.17, 15) is 18.0 Å². The van der Waals surface area contributed by atoms with Crippen LogP contribution >= 0.6 is 11.3 Å². The molecule has 2 saturated heterocycles. The van der Waals surface area contributed by atoms with E-state index < -0.39 is 12.1 Å². The number of aryl methyl sites for hydroxylation is 1. The molecule has 0 aromatic carbocycles. The minimum Gasteiger partial charge on any atom is -0.475 e. The zero-order chi connectivity index (χ0) is 22.6. The van der Waals surface area contributed by atoms with Gasteiger partial charge in [-0.15, -0.1) is 11.3 Å². The van der Waals surface area contributed by atoms with Crippen LogP contribution in [0, 0.1) is 18.3 Å². The van der Waals surface area contributed by atoms with Gasteiger partial charge in [0.1, 0.15) is 0 Å². The van der Waals surface area contributed by atoms with Crippen molar-refractivity contribution < 1.29 is 37.0 Å². The minimum atomic E-state index is -5.08. The Morgan fingerprint density at radius 1 is 1.35 bits per heavy atom. The monoisotopic (exact) mass is 460 g/mol. The number of halogens is 3. The van der Waals surface area contributed by atoms with Gasteiger partial charge in [-0.25, -0.2) is 4.79 Å². The highest BCUT2D eigenvalue weighted by Crippen LogP contribution is 2.41. The Kier molecular flexibility index (Phi) is 7.07. The fourth-order valence-electron chi connectivity index (χ4n) is 3.86. The normalized spacial score (nSPS) is 23.2. The zero-order valence-electron chi connectivity index (χ0n) is 16.8. The van der Waals surface area contributed by atoms with Crippen molar-refractivity contribution in [3.05, 3.63) is 46.0 Å². The van der Waals surface area contributed by atoms with Crippen molar-refractivity contribution in [1.29, 1.82) is 0 Å². The summed E-state index contributed by atoms with van der Waals surface area (Å²) in [6.07, 6.45) is -3.56. The van der Waals surface area contributed by atoms with Crippen LogP contribution < -0.4 is 5.32 Å². The van der Waals surface area contributed by atoms with Crippen LogP contribution in [0.25, 0.3) is 0 Å². The molecule has 2 atom stereocenters. The van der Waals surface area contributed by atoms with E-state index in [1.165, 1.54) is 16.0 Å². The number of hydrogen-bond donors (Lipinski definition) is 2. The number of rotatable bonds is 5. The van der Waals surface area contributed by atoms with Crippen LogP contribution in [-0.4, -0.2) is 60.9 Å². The van der Waals surface area contributed by atoms with Crippen molar-refractivity contribution in [2.75, 3.05) is 32.8 Å². The van der Waals surface area contributed by atoms with Gasteiger partial charge in [0.25, 0.3) is 5.91 Å². The molecule has 0 aliphatic carbocycles. The van der Waals surface area contributed by atoms with Crippen LogP contribution in [-0.2, 0) is 16.1 Å². The summed E-state index contributed by atoms with van der Waals surface area (Å²) in [6.45, 7) is 7.28. The van der Waals surface area contributed by atoms with Gasteiger partial charge in [-0.2, -0.15) is 13.2 Å². The van der Waals surface area contributed by atoms with E-state index in [1.54, 1.807) is 12.1 Å². The van der Waals surface area contributed by atoms with Crippen molar-refractivity contribution in [3.63, 3.8) is 0 Å². The number of likely N-dealkylation sites (tertiary alicyclic amines) is 1. The number of aliphatic carboxylic acids is 1. The maximum Gasteiger partial charge on any atom is 0.490 e. The lowest BCUT2D eigenvalue weighted by Crippen LogP contribution is -2.43. The lowest BCUT2D eigenvalue weighted by atomic mass is 9.81.